The molecule has 2 unspecified atom stereocenters. The fraction of sp³-hybridized carbons (Fsp3) is 0.562. The smallest absolute Gasteiger partial charge is 0.106 e. The Morgan fingerprint density at radius 1 is 1.26 bits per heavy atom. The first kappa shape index (κ1) is 12.9. The Morgan fingerprint density at radius 2 is 2.05 bits per heavy atom. The molecule has 2 N–H and O–H groups in total. The summed E-state index contributed by atoms with van der Waals surface area (Å²) in [4.78, 5) is 3.11. The highest BCUT2D eigenvalue weighted by molar-refractivity contribution is 7.80. The van der Waals surface area contributed by atoms with Crippen LogP contribution in [0.2, 0.25) is 0 Å². The lowest BCUT2D eigenvalue weighted by Gasteiger charge is -2.40. The third-order valence-corrected chi connectivity index (χ3v) is 4.94. The topological polar surface area (TPSA) is 29.3 Å². The van der Waals surface area contributed by atoms with E-state index in [0.29, 0.717) is 11.0 Å². The molecule has 0 amide bonds. The lowest BCUT2D eigenvalue weighted by atomic mass is 9.91. The molecule has 2 atom stereocenters. The Labute approximate surface area is 121 Å². The Balaban J connectivity index is 1.98. The Bertz CT molecular complexity index is 498. The molecule has 3 rings (SSSR count). The van der Waals surface area contributed by atoms with Crippen molar-refractivity contribution in [3.8, 4) is 0 Å². The molecule has 1 heterocycles. The molecule has 1 saturated carbocycles. The summed E-state index contributed by atoms with van der Waals surface area (Å²) in [5, 5.41) is 0. The van der Waals surface area contributed by atoms with E-state index in [4.69, 9.17) is 18.0 Å². The van der Waals surface area contributed by atoms with E-state index in [1.54, 1.807) is 0 Å². The highest BCUT2D eigenvalue weighted by atomic mass is 32.1. The number of aryl methyl sites for hydroxylation is 1. The number of nitrogens with zero attached hydrogens (tertiary/aromatic N) is 1. The second kappa shape index (κ2) is 5.12. The molecule has 1 aliphatic heterocycles. The van der Waals surface area contributed by atoms with Crippen LogP contribution in [0.25, 0.3) is 0 Å². The highest BCUT2D eigenvalue weighted by Gasteiger charge is 2.35. The van der Waals surface area contributed by atoms with Crippen molar-refractivity contribution in [3.05, 3.63) is 29.3 Å². The van der Waals surface area contributed by atoms with Crippen LogP contribution in [0.15, 0.2) is 18.2 Å². The first-order valence-corrected chi connectivity index (χ1v) is 7.75. The average Bonchev–Trinajstić information content (AvgIpc) is 2.86. The predicted molar refractivity (Wildman–Crippen MR) is 84.8 cm³/mol. The van der Waals surface area contributed by atoms with Gasteiger partial charge in [-0.3, -0.25) is 0 Å². The molecule has 2 aliphatic rings. The largest absolute Gasteiger partial charge is 0.389 e. The Hall–Kier alpha value is -1.09. The van der Waals surface area contributed by atoms with Gasteiger partial charge >= 0.3 is 0 Å². The molecular formula is C16H22N2S. The van der Waals surface area contributed by atoms with Crippen LogP contribution < -0.4 is 10.6 Å². The van der Waals surface area contributed by atoms with Crippen LogP contribution >= 0.6 is 12.2 Å². The van der Waals surface area contributed by atoms with Crippen molar-refractivity contribution in [2.75, 3.05) is 11.4 Å². The molecule has 1 saturated heterocycles. The van der Waals surface area contributed by atoms with Gasteiger partial charge in [0.25, 0.3) is 0 Å². The van der Waals surface area contributed by atoms with Gasteiger partial charge < -0.3 is 10.6 Å². The fourth-order valence-corrected chi connectivity index (χ4v) is 4.01. The zero-order chi connectivity index (χ0) is 13.4. The maximum absolute atomic E-state index is 5.93. The summed E-state index contributed by atoms with van der Waals surface area (Å²) in [7, 11) is 0. The van der Waals surface area contributed by atoms with Gasteiger partial charge in [0.15, 0.2) is 0 Å². The van der Waals surface area contributed by atoms with Crippen molar-refractivity contribution in [2.24, 2.45) is 11.7 Å². The number of rotatable bonds is 2. The monoisotopic (exact) mass is 274 g/mol. The SMILES string of the molecule is Cc1ccc(N2CCCC3CCCC32)c(C(N)=S)c1. The Morgan fingerprint density at radius 3 is 2.84 bits per heavy atom. The van der Waals surface area contributed by atoms with Crippen LogP contribution in [0.1, 0.15) is 43.2 Å². The standard InChI is InChI=1S/C16H22N2S/c1-11-7-8-15(13(10-11)16(17)19)18-9-3-5-12-4-2-6-14(12)18/h7-8,10,12,14H,2-6,9H2,1H3,(H2,17,19). The van der Waals surface area contributed by atoms with Crippen molar-refractivity contribution >= 4 is 22.9 Å². The van der Waals surface area contributed by atoms with Crippen molar-refractivity contribution < 1.29 is 0 Å². The summed E-state index contributed by atoms with van der Waals surface area (Å²) < 4.78 is 0. The molecule has 2 fully saturated rings. The molecule has 3 heteroatoms. The minimum Gasteiger partial charge on any atom is -0.389 e. The molecule has 1 aromatic rings. The number of hydrogen-bond acceptors (Lipinski definition) is 2. The number of thiocarbonyl (C=S) groups is 1. The summed E-state index contributed by atoms with van der Waals surface area (Å²) in [5.41, 5.74) is 9.48. The van der Waals surface area contributed by atoms with Crippen LogP contribution in [0.3, 0.4) is 0 Å². The van der Waals surface area contributed by atoms with Crippen LogP contribution in [-0.4, -0.2) is 17.6 Å². The third kappa shape index (κ3) is 2.36. The molecular weight excluding hydrogens is 252 g/mol. The van der Waals surface area contributed by atoms with Gasteiger partial charge in [-0.15, -0.1) is 0 Å². The van der Waals surface area contributed by atoms with E-state index >= 15 is 0 Å². The molecule has 0 aromatic heterocycles. The number of hydrogen-bond donors (Lipinski definition) is 1. The summed E-state index contributed by atoms with van der Waals surface area (Å²) >= 11 is 5.25. The van der Waals surface area contributed by atoms with E-state index in [9.17, 15) is 0 Å². The number of nitrogens with two attached hydrogens (primary N) is 1. The first-order chi connectivity index (χ1) is 9.16. The second-order valence-corrected chi connectivity index (χ2v) is 6.42. The number of piperidine rings is 1. The fourth-order valence-electron chi connectivity index (χ4n) is 3.85. The van der Waals surface area contributed by atoms with E-state index in [0.717, 1.165) is 18.0 Å². The van der Waals surface area contributed by atoms with E-state index in [-0.39, 0.29) is 0 Å². The predicted octanol–water partition coefficient (Wildman–Crippen LogP) is 3.40. The highest BCUT2D eigenvalue weighted by Crippen LogP contribution is 2.40. The van der Waals surface area contributed by atoms with Crippen molar-refractivity contribution in [3.63, 3.8) is 0 Å². The van der Waals surface area contributed by atoms with Crippen molar-refractivity contribution in [1.82, 2.24) is 0 Å². The van der Waals surface area contributed by atoms with E-state index in [1.165, 1.54) is 43.4 Å². The van der Waals surface area contributed by atoms with E-state index < -0.39 is 0 Å². The maximum Gasteiger partial charge on any atom is 0.106 e. The minimum absolute atomic E-state index is 0.527. The summed E-state index contributed by atoms with van der Waals surface area (Å²) in [6.07, 6.45) is 6.80. The second-order valence-electron chi connectivity index (χ2n) is 5.98. The molecule has 19 heavy (non-hydrogen) atoms. The zero-order valence-electron chi connectivity index (χ0n) is 11.6. The molecule has 1 aliphatic carbocycles. The van der Waals surface area contributed by atoms with Gasteiger partial charge in [-0.05, 0) is 50.7 Å². The van der Waals surface area contributed by atoms with Crippen molar-refractivity contribution in [1.29, 1.82) is 0 Å². The van der Waals surface area contributed by atoms with Crippen LogP contribution in [-0.2, 0) is 0 Å². The number of benzene rings is 1. The molecule has 102 valence electrons. The van der Waals surface area contributed by atoms with Gasteiger partial charge in [0, 0.05) is 23.8 Å². The lowest BCUT2D eigenvalue weighted by Crippen LogP contribution is -2.43. The van der Waals surface area contributed by atoms with Gasteiger partial charge in [0.2, 0.25) is 0 Å². The molecule has 0 bridgehead atoms. The third-order valence-electron chi connectivity index (χ3n) is 4.72. The lowest BCUT2D eigenvalue weighted by molar-refractivity contribution is 0.362. The van der Waals surface area contributed by atoms with Crippen LogP contribution in [0, 0.1) is 12.8 Å². The quantitative estimate of drug-likeness (QED) is 0.838. The van der Waals surface area contributed by atoms with Gasteiger partial charge in [-0.25, -0.2) is 0 Å². The van der Waals surface area contributed by atoms with E-state index in [1.807, 2.05) is 0 Å². The Kier molecular flexibility index (Phi) is 3.48. The van der Waals surface area contributed by atoms with Gasteiger partial charge in [0.1, 0.15) is 4.99 Å². The summed E-state index contributed by atoms with van der Waals surface area (Å²) in [6, 6.07) is 7.24. The van der Waals surface area contributed by atoms with Gasteiger partial charge in [-0.1, -0.05) is 30.3 Å². The number of anilines is 1. The van der Waals surface area contributed by atoms with Gasteiger partial charge in [-0.2, -0.15) is 0 Å². The van der Waals surface area contributed by atoms with E-state index in [2.05, 4.69) is 30.0 Å². The molecule has 0 spiro atoms. The first-order valence-electron chi connectivity index (χ1n) is 7.34. The van der Waals surface area contributed by atoms with Crippen LogP contribution in [0.4, 0.5) is 5.69 Å². The normalized spacial score (nSPS) is 26.3. The summed E-state index contributed by atoms with van der Waals surface area (Å²) in [5.74, 6) is 0.884. The minimum atomic E-state index is 0.527. The molecule has 2 nitrogen and oxygen atoms in total. The van der Waals surface area contributed by atoms with Crippen molar-refractivity contribution in [2.45, 2.75) is 45.1 Å². The maximum atomic E-state index is 5.93. The zero-order valence-corrected chi connectivity index (χ0v) is 12.4. The molecule has 1 aromatic carbocycles. The van der Waals surface area contributed by atoms with Gasteiger partial charge in [0.05, 0.1) is 0 Å². The summed E-state index contributed by atoms with van der Waals surface area (Å²) in [6.45, 7) is 3.25. The van der Waals surface area contributed by atoms with Crippen LogP contribution in [0.5, 0.6) is 0 Å². The average molecular weight is 274 g/mol. The molecule has 0 radical (unpaired) electrons. The number of fused-ring (bicyclic) bond motifs is 1.